The third-order valence-corrected chi connectivity index (χ3v) is 4.88. The number of carbonyl (C=O) groups excluding carboxylic acids is 1. The number of amides is 1. The van der Waals surface area contributed by atoms with E-state index in [4.69, 9.17) is 11.6 Å². The number of aromatic nitrogens is 1. The smallest absolute Gasteiger partial charge is 0.269 e. The summed E-state index contributed by atoms with van der Waals surface area (Å²) in [5.74, 6) is -0.412. The molecule has 0 unspecified atom stereocenters. The molecule has 0 spiro atoms. The van der Waals surface area contributed by atoms with Crippen molar-refractivity contribution in [1.29, 1.82) is 0 Å². The molecule has 1 heterocycles. The normalized spacial score (nSPS) is 11.3. The Morgan fingerprint density at radius 3 is 2.34 bits per heavy atom. The molecule has 0 aliphatic heterocycles. The van der Waals surface area contributed by atoms with Crippen molar-refractivity contribution in [3.8, 4) is 5.88 Å². The number of nitrogens with zero attached hydrogens (tertiary/aromatic N) is 3. The number of hydrogen-bond donors (Lipinski definition) is 1. The molecular formula is C23H18ClN3O2. The lowest BCUT2D eigenvalue weighted by Gasteiger charge is -2.06. The van der Waals surface area contributed by atoms with E-state index < -0.39 is 5.91 Å². The van der Waals surface area contributed by atoms with Crippen molar-refractivity contribution in [3.63, 3.8) is 0 Å². The zero-order valence-electron chi connectivity index (χ0n) is 15.5. The molecule has 1 aromatic heterocycles. The first-order valence-corrected chi connectivity index (χ1v) is 9.53. The monoisotopic (exact) mass is 403 g/mol. The van der Waals surface area contributed by atoms with Gasteiger partial charge in [-0.15, -0.1) is 10.2 Å². The summed E-state index contributed by atoms with van der Waals surface area (Å²) in [4.78, 5) is 12.2. The summed E-state index contributed by atoms with van der Waals surface area (Å²) < 4.78 is 1.77. The van der Waals surface area contributed by atoms with E-state index in [-0.39, 0.29) is 12.3 Å². The highest BCUT2D eigenvalue weighted by molar-refractivity contribution is 6.30. The van der Waals surface area contributed by atoms with Gasteiger partial charge in [0.05, 0.1) is 18.5 Å². The van der Waals surface area contributed by atoms with Crippen LogP contribution in [0, 0.1) is 0 Å². The van der Waals surface area contributed by atoms with Crippen LogP contribution >= 0.6 is 11.6 Å². The van der Waals surface area contributed by atoms with Crippen LogP contribution in [0.2, 0.25) is 5.02 Å². The van der Waals surface area contributed by atoms with Crippen molar-refractivity contribution < 1.29 is 9.90 Å². The van der Waals surface area contributed by atoms with Crippen LogP contribution in [0.25, 0.3) is 10.9 Å². The Balaban J connectivity index is 1.63. The molecular weight excluding hydrogens is 386 g/mol. The predicted octanol–water partition coefficient (Wildman–Crippen LogP) is 5.90. The van der Waals surface area contributed by atoms with E-state index in [9.17, 15) is 9.90 Å². The number of rotatable bonds is 5. The van der Waals surface area contributed by atoms with Gasteiger partial charge in [-0.1, -0.05) is 72.3 Å². The van der Waals surface area contributed by atoms with Gasteiger partial charge in [-0.2, -0.15) is 0 Å². The number of para-hydroxylation sites is 1. The average molecular weight is 404 g/mol. The molecule has 0 aliphatic rings. The van der Waals surface area contributed by atoms with E-state index in [2.05, 4.69) is 10.2 Å². The maximum absolute atomic E-state index is 12.2. The second-order valence-corrected chi connectivity index (χ2v) is 7.09. The summed E-state index contributed by atoms with van der Waals surface area (Å²) in [5.41, 5.74) is 2.97. The molecule has 6 heteroatoms. The molecule has 5 nitrogen and oxygen atoms in total. The van der Waals surface area contributed by atoms with E-state index in [1.165, 1.54) is 0 Å². The van der Waals surface area contributed by atoms with Gasteiger partial charge < -0.3 is 9.67 Å². The third kappa shape index (κ3) is 4.20. The number of carbonyl (C=O) groups is 1. The Morgan fingerprint density at radius 1 is 0.897 bits per heavy atom. The Kier molecular flexibility index (Phi) is 5.40. The molecule has 0 bridgehead atoms. The minimum absolute atomic E-state index is 0.0157. The Labute approximate surface area is 172 Å². The third-order valence-electron chi connectivity index (χ3n) is 4.63. The molecule has 144 valence electrons. The maximum atomic E-state index is 12.2. The van der Waals surface area contributed by atoms with E-state index in [0.717, 1.165) is 22.0 Å². The van der Waals surface area contributed by atoms with Gasteiger partial charge in [0.15, 0.2) is 5.69 Å². The Hall–Kier alpha value is -3.44. The molecule has 3 aromatic carbocycles. The lowest BCUT2D eigenvalue weighted by atomic mass is 10.1. The van der Waals surface area contributed by atoms with Crippen LogP contribution in [0.1, 0.15) is 11.1 Å². The highest BCUT2D eigenvalue weighted by Gasteiger charge is 2.17. The fourth-order valence-electron chi connectivity index (χ4n) is 3.21. The summed E-state index contributed by atoms with van der Waals surface area (Å²) in [6.07, 6.45) is 0.115. The first-order chi connectivity index (χ1) is 14.1. The lowest BCUT2D eigenvalue weighted by molar-refractivity contribution is -0.117. The maximum Gasteiger partial charge on any atom is 0.269 e. The fourth-order valence-corrected chi connectivity index (χ4v) is 3.34. The number of halogens is 1. The van der Waals surface area contributed by atoms with Gasteiger partial charge in [0.1, 0.15) is 0 Å². The zero-order chi connectivity index (χ0) is 20.2. The molecule has 0 fully saturated rings. The van der Waals surface area contributed by atoms with E-state index in [0.29, 0.717) is 17.3 Å². The van der Waals surface area contributed by atoms with Crippen LogP contribution in [0.4, 0.5) is 5.69 Å². The largest absolute Gasteiger partial charge is 0.493 e. The molecule has 0 aliphatic carbocycles. The summed E-state index contributed by atoms with van der Waals surface area (Å²) in [6, 6.07) is 24.4. The topological polar surface area (TPSA) is 66.9 Å². The number of aromatic hydroxyl groups is 1. The second-order valence-electron chi connectivity index (χ2n) is 6.66. The fraction of sp³-hybridized carbons (Fsp3) is 0.0870. The predicted molar refractivity (Wildman–Crippen MR) is 114 cm³/mol. The van der Waals surface area contributed by atoms with E-state index in [1.807, 2.05) is 54.6 Å². The van der Waals surface area contributed by atoms with Crippen molar-refractivity contribution in [1.82, 2.24) is 4.57 Å². The van der Waals surface area contributed by atoms with Gasteiger partial charge in [0, 0.05) is 10.4 Å². The molecule has 0 atom stereocenters. The minimum Gasteiger partial charge on any atom is -0.493 e. The summed E-state index contributed by atoms with van der Waals surface area (Å²) in [5, 5.41) is 20.1. The highest BCUT2D eigenvalue weighted by atomic mass is 35.5. The van der Waals surface area contributed by atoms with Crippen LogP contribution < -0.4 is 0 Å². The molecule has 29 heavy (non-hydrogen) atoms. The SMILES string of the molecule is O=C(Cc1ccc(Cl)cc1)N=Nc1c(O)n(Cc2ccccc2)c2ccccc12. The van der Waals surface area contributed by atoms with Crippen LogP contribution in [-0.4, -0.2) is 15.6 Å². The van der Waals surface area contributed by atoms with Crippen LogP contribution in [0.3, 0.4) is 0 Å². The molecule has 0 radical (unpaired) electrons. The summed E-state index contributed by atoms with van der Waals surface area (Å²) >= 11 is 5.87. The Bertz CT molecular complexity index is 1180. The standard InChI is InChI=1S/C23H18ClN3O2/c24-18-12-10-16(11-13-18)14-21(28)25-26-22-19-8-4-5-9-20(19)27(23(22)29)15-17-6-2-1-3-7-17/h1-13,29H,14-15H2. The summed E-state index contributed by atoms with van der Waals surface area (Å²) in [6.45, 7) is 0.488. The van der Waals surface area contributed by atoms with Crippen molar-refractivity contribution in [2.45, 2.75) is 13.0 Å². The minimum atomic E-state index is -0.397. The van der Waals surface area contributed by atoms with Gasteiger partial charge in [0.2, 0.25) is 5.88 Å². The second kappa shape index (κ2) is 8.29. The van der Waals surface area contributed by atoms with Crippen LogP contribution in [-0.2, 0) is 17.8 Å². The Morgan fingerprint density at radius 2 is 1.59 bits per heavy atom. The van der Waals surface area contributed by atoms with Crippen LogP contribution in [0.15, 0.2) is 89.1 Å². The molecule has 0 saturated heterocycles. The van der Waals surface area contributed by atoms with Crippen molar-refractivity contribution in [3.05, 3.63) is 95.0 Å². The van der Waals surface area contributed by atoms with Gasteiger partial charge >= 0.3 is 0 Å². The van der Waals surface area contributed by atoms with Gasteiger partial charge in [-0.05, 0) is 29.3 Å². The van der Waals surface area contributed by atoms with Gasteiger partial charge in [-0.3, -0.25) is 4.79 Å². The summed E-state index contributed by atoms with van der Waals surface area (Å²) in [7, 11) is 0. The first kappa shape index (κ1) is 18.9. The van der Waals surface area contributed by atoms with Gasteiger partial charge in [0.25, 0.3) is 5.91 Å². The van der Waals surface area contributed by atoms with Crippen molar-refractivity contribution in [2.24, 2.45) is 10.2 Å². The molecule has 4 aromatic rings. The lowest BCUT2D eigenvalue weighted by Crippen LogP contribution is -1.98. The van der Waals surface area contributed by atoms with Crippen molar-refractivity contribution >= 4 is 34.1 Å². The molecule has 0 saturated carbocycles. The average Bonchev–Trinajstić information content (AvgIpc) is 3.00. The first-order valence-electron chi connectivity index (χ1n) is 9.15. The number of fused-ring (bicyclic) bond motifs is 1. The van der Waals surface area contributed by atoms with Crippen molar-refractivity contribution in [2.75, 3.05) is 0 Å². The van der Waals surface area contributed by atoms with Crippen LogP contribution in [0.5, 0.6) is 5.88 Å². The van der Waals surface area contributed by atoms with E-state index >= 15 is 0 Å². The molecule has 4 rings (SSSR count). The number of benzene rings is 3. The van der Waals surface area contributed by atoms with E-state index in [1.54, 1.807) is 28.8 Å². The number of azo groups is 1. The molecule has 1 N–H and O–H groups in total. The number of hydrogen-bond acceptors (Lipinski definition) is 3. The highest BCUT2D eigenvalue weighted by Crippen LogP contribution is 2.39. The van der Waals surface area contributed by atoms with Gasteiger partial charge in [-0.25, -0.2) is 0 Å². The quantitative estimate of drug-likeness (QED) is 0.421. The zero-order valence-corrected chi connectivity index (χ0v) is 16.3. The molecule has 1 amide bonds.